The first-order valence-corrected chi connectivity index (χ1v) is 9.42. The van der Waals surface area contributed by atoms with Crippen LogP contribution in [-0.2, 0) is 23.1 Å². The van der Waals surface area contributed by atoms with E-state index in [9.17, 15) is 8.42 Å². The van der Waals surface area contributed by atoms with Gasteiger partial charge in [-0.2, -0.15) is 0 Å². The summed E-state index contributed by atoms with van der Waals surface area (Å²) in [5.41, 5.74) is 6.47. The van der Waals surface area contributed by atoms with Crippen LogP contribution < -0.4 is 10.5 Å². The SMILES string of the molecule is CCCCCCCCNS(=O)(=O)c1cc(CN)n(CC)c1. The fraction of sp³-hybridized carbons (Fsp3) is 0.733. The van der Waals surface area contributed by atoms with Crippen LogP contribution in [0.25, 0.3) is 0 Å². The van der Waals surface area contributed by atoms with Gasteiger partial charge in [-0.1, -0.05) is 39.0 Å². The predicted molar refractivity (Wildman–Crippen MR) is 86.6 cm³/mol. The Kier molecular flexibility index (Phi) is 8.00. The monoisotopic (exact) mass is 315 g/mol. The van der Waals surface area contributed by atoms with Crippen molar-refractivity contribution in [1.82, 2.24) is 9.29 Å². The molecule has 0 amide bonds. The van der Waals surface area contributed by atoms with Crippen molar-refractivity contribution in [2.75, 3.05) is 6.54 Å². The lowest BCUT2D eigenvalue weighted by molar-refractivity contribution is 0.567. The number of nitrogens with one attached hydrogen (secondary N) is 1. The molecular weight excluding hydrogens is 286 g/mol. The van der Waals surface area contributed by atoms with Gasteiger partial charge in [-0.25, -0.2) is 13.1 Å². The minimum absolute atomic E-state index is 0.316. The Morgan fingerprint density at radius 1 is 1.14 bits per heavy atom. The minimum Gasteiger partial charge on any atom is -0.349 e. The number of sulfonamides is 1. The molecule has 0 atom stereocenters. The van der Waals surface area contributed by atoms with Crippen molar-refractivity contribution < 1.29 is 8.42 Å². The van der Waals surface area contributed by atoms with Crippen molar-refractivity contribution >= 4 is 10.0 Å². The standard InChI is InChI=1S/C15H29N3O2S/c1-3-5-6-7-8-9-10-17-21(19,20)15-11-14(12-16)18(4-2)13-15/h11,13,17H,3-10,12,16H2,1-2H3. The number of rotatable bonds is 11. The van der Waals surface area contributed by atoms with Crippen LogP contribution in [0.1, 0.15) is 58.1 Å². The van der Waals surface area contributed by atoms with Crippen molar-refractivity contribution in [2.45, 2.75) is 70.4 Å². The van der Waals surface area contributed by atoms with E-state index in [1.807, 2.05) is 11.5 Å². The molecule has 0 saturated carbocycles. The molecule has 21 heavy (non-hydrogen) atoms. The Morgan fingerprint density at radius 2 is 1.81 bits per heavy atom. The first-order chi connectivity index (χ1) is 10.0. The molecule has 3 N–H and O–H groups in total. The van der Waals surface area contributed by atoms with Crippen LogP contribution in [0.4, 0.5) is 0 Å². The van der Waals surface area contributed by atoms with Gasteiger partial charge in [0.25, 0.3) is 0 Å². The lowest BCUT2D eigenvalue weighted by Gasteiger charge is -2.05. The summed E-state index contributed by atoms with van der Waals surface area (Å²) in [5, 5.41) is 0. The number of unbranched alkanes of at least 4 members (excludes halogenated alkanes) is 5. The van der Waals surface area contributed by atoms with Crippen LogP contribution in [0.3, 0.4) is 0 Å². The van der Waals surface area contributed by atoms with Crippen molar-refractivity contribution in [3.63, 3.8) is 0 Å². The maximum Gasteiger partial charge on any atom is 0.242 e. The molecule has 0 bridgehead atoms. The molecule has 0 aromatic carbocycles. The number of aryl methyl sites for hydroxylation is 1. The molecule has 0 aliphatic carbocycles. The van der Waals surface area contributed by atoms with Crippen LogP contribution in [0.5, 0.6) is 0 Å². The number of hydrogen-bond donors (Lipinski definition) is 2. The summed E-state index contributed by atoms with van der Waals surface area (Å²) in [7, 11) is -3.41. The molecule has 0 fully saturated rings. The second-order valence-electron chi connectivity index (χ2n) is 5.32. The number of aromatic nitrogens is 1. The van der Waals surface area contributed by atoms with E-state index in [0.29, 0.717) is 18.0 Å². The van der Waals surface area contributed by atoms with Gasteiger partial charge in [0.1, 0.15) is 0 Å². The van der Waals surface area contributed by atoms with Crippen molar-refractivity contribution in [3.05, 3.63) is 18.0 Å². The Balaban J connectivity index is 2.44. The fourth-order valence-corrected chi connectivity index (χ4v) is 3.47. The number of nitrogens with two attached hydrogens (primary N) is 1. The van der Waals surface area contributed by atoms with Crippen molar-refractivity contribution in [1.29, 1.82) is 0 Å². The van der Waals surface area contributed by atoms with E-state index in [1.54, 1.807) is 12.3 Å². The van der Waals surface area contributed by atoms with Crippen LogP contribution in [0.2, 0.25) is 0 Å². The third-order valence-electron chi connectivity index (χ3n) is 3.64. The lowest BCUT2D eigenvalue weighted by Crippen LogP contribution is -2.24. The largest absolute Gasteiger partial charge is 0.349 e. The first-order valence-electron chi connectivity index (χ1n) is 7.94. The van der Waals surface area contributed by atoms with Gasteiger partial charge in [0.2, 0.25) is 10.0 Å². The Labute approximate surface area is 129 Å². The highest BCUT2D eigenvalue weighted by molar-refractivity contribution is 7.89. The smallest absolute Gasteiger partial charge is 0.242 e. The predicted octanol–water partition coefficient (Wildman–Crippen LogP) is 2.61. The van der Waals surface area contributed by atoms with Crippen molar-refractivity contribution in [2.24, 2.45) is 5.73 Å². The van der Waals surface area contributed by atoms with Gasteiger partial charge >= 0.3 is 0 Å². The molecule has 0 saturated heterocycles. The van der Waals surface area contributed by atoms with Gasteiger partial charge in [0.15, 0.2) is 0 Å². The van der Waals surface area contributed by atoms with E-state index in [0.717, 1.165) is 25.1 Å². The van der Waals surface area contributed by atoms with Gasteiger partial charge < -0.3 is 10.3 Å². The second kappa shape index (κ2) is 9.23. The molecule has 1 heterocycles. The highest BCUT2D eigenvalue weighted by atomic mass is 32.2. The third-order valence-corrected chi connectivity index (χ3v) is 5.07. The van der Waals surface area contributed by atoms with Crippen LogP contribution >= 0.6 is 0 Å². The number of hydrogen-bond acceptors (Lipinski definition) is 3. The number of nitrogens with zero attached hydrogens (tertiary/aromatic N) is 1. The van der Waals surface area contributed by atoms with Gasteiger partial charge in [0.05, 0.1) is 4.90 Å². The lowest BCUT2D eigenvalue weighted by atomic mass is 10.1. The van der Waals surface area contributed by atoms with Gasteiger partial charge in [-0.3, -0.25) is 0 Å². The summed E-state index contributed by atoms with van der Waals surface area (Å²) in [6.45, 7) is 5.73. The normalized spacial score (nSPS) is 12.0. The van der Waals surface area contributed by atoms with E-state index in [-0.39, 0.29) is 0 Å². The molecule has 1 rings (SSSR count). The van der Waals surface area contributed by atoms with E-state index < -0.39 is 10.0 Å². The first kappa shape index (κ1) is 18.2. The summed E-state index contributed by atoms with van der Waals surface area (Å²) in [5.74, 6) is 0. The van der Waals surface area contributed by atoms with E-state index >= 15 is 0 Å². The van der Waals surface area contributed by atoms with E-state index in [2.05, 4.69) is 11.6 Å². The van der Waals surface area contributed by atoms with Crippen LogP contribution in [0, 0.1) is 0 Å². The average molecular weight is 315 g/mol. The topological polar surface area (TPSA) is 77.1 Å². The Hall–Kier alpha value is -0.850. The molecule has 122 valence electrons. The molecular formula is C15H29N3O2S. The Morgan fingerprint density at radius 3 is 2.38 bits per heavy atom. The maximum atomic E-state index is 12.2. The summed E-state index contributed by atoms with van der Waals surface area (Å²) in [6.07, 6.45) is 8.53. The fourth-order valence-electron chi connectivity index (χ4n) is 2.33. The van der Waals surface area contributed by atoms with E-state index in [1.165, 1.54) is 25.7 Å². The molecule has 1 aromatic heterocycles. The summed E-state index contributed by atoms with van der Waals surface area (Å²) < 4.78 is 28.9. The van der Waals surface area contributed by atoms with Crippen LogP contribution in [0.15, 0.2) is 17.2 Å². The quantitative estimate of drug-likeness (QED) is 0.616. The molecule has 0 spiro atoms. The van der Waals surface area contributed by atoms with Crippen molar-refractivity contribution in [3.8, 4) is 0 Å². The van der Waals surface area contributed by atoms with Gasteiger partial charge in [-0.15, -0.1) is 0 Å². The summed E-state index contributed by atoms with van der Waals surface area (Å²) in [4.78, 5) is 0.316. The summed E-state index contributed by atoms with van der Waals surface area (Å²) >= 11 is 0. The zero-order chi connectivity index (χ0) is 15.7. The third kappa shape index (κ3) is 5.80. The Bertz CT molecular complexity index is 487. The highest BCUT2D eigenvalue weighted by Crippen LogP contribution is 2.14. The molecule has 5 nitrogen and oxygen atoms in total. The van der Waals surface area contributed by atoms with Crippen LogP contribution in [-0.4, -0.2) is 19.5 Å². The second-order valence-corrected chi connectivity index (χ2v) is 7.09. The molecule has 0 radical (unpaired) electrons. The zero-order valence-corrected chi connectivity index (χ0v) is 14.1. The zero-order valence-electron chi connectivity index (χ0n) is 13.3. The highest BCUT2D eigenvalue weighted by Gasteiger charge is 2.16. The average Bonchev–Trinajstić information content (AvgIpc) is 2.90. The molecule has 6 heteroatoms. The van der Waals surface area contributed by atoms with Gasteiger partial charge in [0, 0.05) is 31.5 Å². The van der Waals surface area contributed by atoms with Gasteiger partial charge in [-0.05, 0) is 19.4 Å². The molecule has 0 unspecified atom stereocenters. The molecule has 0 aliphatic rings. The molecule has 1 aromatic rings. The molecule has 0 aliphatic heterocycles. The summed E-state index contributed by atoms with van der Waals surface area (Å²) in [6, 6.07) is 1.66. The maximum absolute atomic E-state index is 12.2. The van der Waals surface area contributed by atoms with E-state index in [4.69, 9.17) is 5.73 Å². The minimum atomic E-state index is -3.41.